The molecule has 0 spiro atoms. The number of benzene rings is 1. The third-order valence-electron chi connectivity index (χ3n) is 2.48. The number of nitrogens with one attached hydrogen (secondary N) is 1. The maximum atomic E-state index is 11.0. The third kappa shape index (κ3) is 5.32. The lowest BCUT2D eigenvalue weighted by Gasteiger charge is -2.15. The normalized spacial score (nSPS) is 11.9. The van der Waals surface area contributed by atoms with Crippen molar-refractivity contribution in [1.82, 2.24) is 5.32 Å². The number of rotatable bonds is 7. The first-order valence-corrected chi connectivity index (χ1v) is 6.51. The molecular formula is C13H17NO4S. The maximum Gasteiger partial charge on any atom is 0.320 e. The van der Waals surface area contributed by atoms with Crippen LogP contribution in [0.4, 0.5) is 0 Å². The number of thiol groups is 1. The molecule has 0 aromatic heterocycles. The van der Waals surface area contributed by atoms with E-state index in [4.69, 9.17) is 9.84 Å². The van der Waals surface area contributed by atoms with Crippen LogP contribution in [0.2, 0.25) is 0 Å². The van der Waals surface area contributed by atoms with Crippen molar-refractivity contribution in [2.24, 2.45) is 0 Å². The van der Waals surface area contributed by atoms with Crippen molar-refractivity contribution >= 4 is 24.6 Å². The van der Waals surface area contributed by atoms with Crippen LogP contribution in [0.1, 0.15) is 18.9 Å². The fourth-order valence-electron chi connectivity index (χ4n) is 1.58. The van der Waals surface area contributed by atoms with E-state index >= 15 is 0 Å². The lowest BCUT2D eigenvalue weighted by atomic mass is 10.1. The van der Waals surface area contributed by atoms with Crippen LogP contribution >= 0.6 is 12.6 Å². The predicted octanol–water partition coefficient (Wildman–Crippen LogP) is 1.47. The Kier molecular flexibility index (Phi) is 6.38. The van der Waals surface area contributed by atoms with Gasteiger partial charge in [-0.2, -0.15) is 12.6 Å². The Bertz CT molecular complexity index is 450. The van der Waals surface area contributed by atoms with Crippen LogP contribution in [0, 0.1) is 0 Å². The van der Waals surface area contributed by atoms with Gasteiger partial charge < -0.3 is 15.2 Å². The van der Waals surface area contributed by atoms with Crippen molar-refractivity contribution in [2.45, 2.75) is 25.9 Å². The van der Waals surface area contributed by atoms with Crippen molar-refractivity contribution in [3.63, 3.8) is 0 Å². The number of hydrogen-bond donors (Lipinski definition) is 3. The second-order valence-corrected chi connectivity index (χ2v) is 4.43. The van der Waals surface area contributed by atoms with Gasteiger partial charge in [0.25, 0.3) is 0 Å². The molecule has 0 bridgehead atoms. The number of ether oxygens (including phenoxy) is 1. The minimum Gasteiger partial charge on any atom is -0.480 e. The highest BCUT2D eigenvalue weighted by Crippen LogP contribution is 2.18. The number of carboxylic acids is 1. The smallest absolute Gasteiger partial charge is 0.320 e. The number of para-hydroxylation sites is 1. The molecule has 2 N–H and O–H groups in total. The van der Waals surface area contributed by atoms with Gasteiger partial charge in [0.15, 0.2) is 0 Å². The van der Waals surface area contributed by atoms with Gasteiger partial charge in [0.2, 0.25) is 0 Å². The zero-order valence-corrected chi connectivity index (χ0v) is 11.5. The molecule has 0 aliphatic carbocycles. The first-order valence-electron chi connectivity index (χ1n) is 5.88. The standard InChI is InChI=1S/C13H17NO4S/c1-9(15)18-12-5-3-2-4-10(12)8-14-11(6-7-19)13(16)17/h2-5,11,14,19H,6-8H2,1H3,(H,16,17)/t11-/m0/s1. The average molecular weight is 283 g/mol. The number of carbonyl (C=O) groups excluding carboxylic acids is 1. The first kappa shape index (κ1) is 15.5. The summed E-state index contributed by atoms with van der Waals surface area (Å²) in [5.74, 6) is -0.399. The van der Waals surface area contributed by atoms with Crippen LogP contribution in [0.3, 0.4) is 0 Å². The van der Waals surface area contributed by atoms with Crippen LogP contribution in [-0.4, -0.2) is 28.8 Å². The van der Waals surface area contributed by atoms with Crippen molar-refractivity contribution in [2.75, 3.05) is 5.75 Å². The highest BCUT2D eigenvalue weighted by molar-refractivity contribution is 7.80. The van der Waals surface area contributed by atoms with Gasteiger partial charge in [0.1, 0.15) is 11.8 Å². The van der Waals surface area contributed by atoms with Crippen molar-refractivity contribution in [3.05, 3.63) is 29.8 Å². The van der Waals surface area contributed by atoms with Crippen LogP contribution in [0.15, 0.2) is 24.3 Å². The number of aliphatic carboxylic acids is 1. The van der Waals surface area contributed by atoms with E-state index in [9.17, 15) is 9.59 Å². The molecule has 0 aliphatic heterocycles. The molecule has 0 heterocycles. The van der Waals surface area contributed by atoms with Gasteiger partial charge in [-0.3, -0.25) is 9.59 Å². The second kappa shape index (κ2) is 7.81. The molecule has 0 amide bonds. The molecule has 1 aromatic carbocycles. The minimum atomic E-state index is -0.918. The Morgan fingerprint density at radius 2 is 2.11 bits per heavy atom. The Hall–Kier alpha value is -1.53. The van der Waals surface area contributed by atoms with E-state index < -0.39 is 18.0 Å². The molecule has 104 valence electrons. The van der Waals surface area contributed by atoms with Gasteiger partial charge in [0, 0.05) is 19.0 Å². The molecule has 1 rings (SSSR count). The summed E-state index contributed by atoms with van der Waals surface area (Å²) in [5.41, 5.74) is 0.739. The Morgan fingerprint density at radius 3 is 2.68 bits per heavy atom. The second-order valence-electron chi connectivity index (χ2n) is 3.99. The molecule has 0 unspecified atom stereocenters. The summed E-state index contributed by atoms with van der Waals surface area (Å²) in [4.78, 5) is 22.0. The molecule has 1 atom stereocenters. The summed E-state index contributed by atoms with van der Waals surface area (Å²) < 4.78 is 5.06. The maximum absolute atomic E-state index is 11.0. The van der Waals surface area contributed by atoms with Gasteiger partial charge in [-0.1, -0.05) is 18.2 Å². The molecular weight excluding hydrogens is 266 g/mol. The van der Waals surface area contributed by atoms with Gasteiger partial charge in [-0.25, -0.2) is 0 Å². The molecule has 0 saturated heterocycles. The molecule has 19 heavy (non-hydrogen) atoms. The van der Waals surface area contributed by atoms with Gasteiger partial charge >= 0.3 is 11.9 Å². The van der Waals surface area contributed by atoms with Crippen molar-refractivity contribution < 1.29 is 19.4 Å². The van der Waals surface area contributed by atoms with E-state index in [-0.39, 0.29) is 0 Å². The fourth-order valence-corrected chi connectivity index (χ4v) is 1.84. The molecule has 0 radical (unpaired) electrons. The first-order chi connectivity index (χ1) is 9.04. The van der Waals surface area contributed by atoms with Crippen LogP contribution in [0.25, 0.3) is 0 Å². The summed E-state index contributed by atoms with van der Waals surface area (Å²) in [7, 11) is 0. The zero-order valence-electron chi connectivity index (χ0n) is 10.6. The quantitative estimate of drug-likeness (QED) is 0.401. The van der Waals surface area contributed by atoms with E-state index in [2.05, 4.69) is 17.9 Å². The summed E-state index contributed by atoms with van der Waals surface area (Å²) in [6.07, 6.45) is 0.425. The lowest BCUT2D eigenvalue weighted by molar-refractivity contribution is -0.139. The molecule has 0 fully saturated rings. The zero-order chi connectivity index (χ0) is 14.3. The largest absolute Gasteiger partial charge is 0.480 e. The monoisotopic (exact) mass is 283 g/mol. The topological polar surface area (TPSA) is 75.6 Å². The summed E-state index contributed by atoms with van der Waals surface area (Å²) in [5, 5.41) is 11.9. The third-order valence-corrected chi connectivity index (χ3v) is 2.74. The summed E-state index contributed by atoms with van der Waals surface area (Å²) in [6, 6.07) is 6.35. The SMILES string of the molecule is CC(=O)Oc1ccccc1CN[C@@H](CCS)C(=O)O. The predicted molar refractivity (Wildman–Crippen MR) is 74.5 cm³/mol. The molecule has 0 saturated carbocycles. The fraction of sp³-hybridized carbons (Fsp3) is 0.385. The van der Waals surface area contributed by atoms with Crippen molar-refractivity contribution in [3.8, 4) is 5.75 Å². The molecule has 5 nitrogen and oxygen atoms in total. The lowest BCUT2D eigenvalue weighted by Crippen LogP contribution is -2.36. The molecule has 6 heteroatoms. The number of carbonyl (C=O) groups is 2. The van der Waals surface area contributed by atoms with Gasteiger partial charge in [-0.15, -0.1) is 0 Å². The van der Waals surface area contributed by atoms with Crippen molar-refractivity contribution in [1.29, 1.82) is 0 Å². The van der Waals surface area contributed by atoms with E-state index in [0.29, 0.717) is 24.5 Å². The van der Waals surface area contributed by atoms with E-state index in [1.54, 1.807) is 24.3 Å². The minimum absolute atomic E-state index is 0.314. The number of hydrogen-bond acceptors (Lipinski definition) is 5. The van der Waals surface area contributed by atoms with Crippen LogP contribution in [0.5, 0.6) is 5.75 Å². The van der Waals surface area contributed by atoms with Gasteiger partial charge in [0.05, 0.1) is 0 Å². The summed E-state index contributed by atoms with van der Waals surface area (Å²) >= 11 is 4.03. The highest BCUT2D eigenvalue weighted by atomic mass is 32.1. The Morgan fingerprint density at radius 1 is 1.42 bits per heavy atom. The Balaban J connectivity index is 2.70. The number of carboxylic acid groups (broad SMARTS) is 1. The van der Waals surface area contributed by atoms with Gasteiger partial charge in [-0.05, 0) is 18.2 Å². The van der Waals surface area contributed by atoms with E-state index in [1.807, 2.05) is 0 Å². The van der Waals surface area contributed by atoms with E-state index in [0.717, 1.165) is 5.56 Å². The van der Waals surface area contributed by atoms with Crippen LogP contribution in [-0.2, 0) is 16.1 Å². The molecule has 1 aromatic rings. The van der Waals surface area contributed by atoms with E-state index in [1.165, 1.54) is 6.92 Å². The molecule has 0 aliphatic rings. The summed E-state index contributed by atoms with van der Waals surface area (Å²) in [6.45, 7) is 1.64. The highest BCUT2D eigenvalue weighted by Gasteiger charge is 2.16. The Labute approximate surface area is 117 Å². The van der Waals surface area contributed by atoms with Crippen LogP contribution < -0.4 is 10.1 Å². The number of esters is 1. The average Bonchev–Trinajstić information content (AvgIpc) is 2.35.